The van der Waals surface area contributed by atoms with Crippen LogP contribution in [0.25, 0.3) is 0 Å². The van der Waals surface area contributed by atoms with E-state index in [9.17, 15) is 8.42 Å². The molecule has 1 aromatic heterocycles. The van der Waals surface area contributed by atoms with E-state index in [1.54, 1.807) is 22.9 Å². The Bertz CT molecular complexity index is 729. The Hall–Kier alpha value is -1.89. The van der Waals surface area contributed by atoms with Crippen LogP contribution in [-0.2, 0) is 21.9 Å². The van der Waals surface area contributed by atoms with Crippen molar-refractivity contribution in [2.75, 3.05) is 11.6 Å². The summed E-state index contributed by atoms with van der Waals surface area (Å²) < 4.78 is 24.8. The molecule has 0 spiro atoms. The first-order valence-corrected chi connectivity index (χ1v) is 8.51. The lowest BCUT2D eigenvalue weighted by Crippen LogP contribution is -2.22. The van der Waals surface area contributed by atoms with E-state index in [0.29, 0.717) is 11.4 Å². The molecule has 0 unspecified atom stereocenters. The van der Waals surface area contributed by atoms with Crippen molar-refractivity contribution in [2.24, 2.45) is 0 Å². The number of anilines is 1. The van der Waals surface area contributed by atoms with E-state index < -0.39 is 9.84 Å². The standard InChI is InChI=1S/C14H20N4O2S/c1-14(2,3)18-10-12(16-17-18)9-15-11-6-5-7-13(8-11)21(4,19)20/h5-8,10,15H,9H2,1-4H3. The Morgan fingerprint density at radius 1 is 1.29 bits per heavy atom. The van der Waals surface area contributed by atoms with Crippen molar-refractivity contribution in [2.45, 2.75) is 37.8 Å². The Morgan fingerprint density at radius 3 is 2.57 bits per heavy atom. The van der Waals surface area contributed by atoms with Gasteiger partial charge in [0.2, 0.25) is 0 Å². The minimum absolute atomic E-state index is 0.110. The van der Waals surface area contributed by atoms with Crippen LogP contribution in [0.15, 0.2) is 35.4 Å². The fourth-order valence-electron chi connectivity index (χ4n) is 1.74. The zero-order valence-corrected chi connectivity index (χ0v) is 13.5. The van der Waals surface area contributed by atoms with Crippen LogP contribution in [0.3, 0.4) is 0 Å². The smallest absolute Gasteiger partial charge is 0.175 e. The first-order chi connectivity index (χ1) is 9.66. The van der Waals surface area contributed by atoms with E-state index in [1.165, 1.54) is 6.26 Å². The zero-order valence-electron chi connectivity index (χ0n) is 12.7. The van der Waals surface area contributed by atoms with Gasteiger partial charge in [0.25, 0.3) is 0 Å². The number of rotatable bonds is 4. The van der Waals surface area contributed by atoms with Gasteiger partial charge in [-0.1, -0.05) is 11.3 Å². The van der Waals surface area contributed by atoms with Crippen molar-refractivity contribution in [1.82, 2.24) is 15.0 Å². The predicted molar refractivity (Wildman–Crippen MR) is 81.9 cm³/mol. The number of hydrogen-bond acceptors (Lipinski definition) is 5. The van der Waals surface area contributed by atoms with Crippen molar-refractivity contribution in [3.05, 3.63) is 36.2 Å². The molecule has 1 N–H and O–H groups in total. The molecule has 7 heteroatoms. The largest absolute Gasteiger partial charge is 0.379 e. The number of sulfone groups is 1. The molecule has 0 aliphatic heterocycles. The van der Waals surface area contributed by atoms with E-state index in [-0.39, 0.29) is 5.54 Å². The van der Waals surface area contributed by atoms with Gasteiger partial charge in [0, 0.05) is 11.9 Å². The highest BCUT2D eigenvalue weighted by atomic mass is 32.2. The van der Waals surface area contributed by atoms with Gasteiger partial charge in [-0.15, -0.1) is 5.10 Å². The normalized spacial score (nSPS) is 12.4. The van der Waals surface area contributed by atoms with Crippen LogP contribution in [0.4, 0.5) is 5.69 Å². The fraction of sp³-hybridized carbons (Fsp3) is 0.429. The lowest BCUT2D eigenvalue weighted by atomic mass is 10.1. The van der Waals surface area contributed by atoms with Gasteiger partial charge >= 0.3 is 0 Å². The molecule has 0 amide bonds. The monoisotopic (exact) mass is 308 g/mol. The average molecular weight is 308 g/mol. The molecule has 0 aliphatic carbocycles. The van der Waals surface area contributed by atoms with Crippen molar-refractivity contribution in [3.8, 4) is 0 Å². The summed E-state index contributed by atoms with van der Waals surface area (Å²) in [5.74, 6) is 0. The summed E-state index contributed by atoms with van der Waals surface area (Å²) in [6, 6.07) is 6.73. The van der Waals surface area contributed by atoms with Crippen LogP contribution in [0, 0.1) is 0 Å². The van der Waals surface area contributed by atoms with Crippen LogP contribution in [0.1, 0.15) is 26.5 Å². The van der Waals surface area contributed by atoms with E-state index in [4.69, 9.17) is 0 Å². The Morgan fingerprint density at radius 2 is 2.00 bits per heavy atom. The summed E-state index contributed by atoms with van der Waals surface area (Å²) in [6.07, 6.45) is 3.08. The third kappa shape index (κ3) is 4.04. The van der Waals surface area contributed by atoms with Crippen LogP contribution < -0.4 is 5.32 Å². The predicted octanol–water partition coefficient (Wildman–Crippen LogP) is 2.05. The van der Waals surface area contributed by atoms with Crippen molar-refractivity contribution >= 4 is 15.5 Å². The number of nitrogens with zero attached hydrogens (tertiary/aromatic N) is 3. The molecule has 6 nitrogen and oxygen atoms in total. The van der Waals surface area contributed by atoms with E-state index in [0.717, 1.165) is 11.4 Å². The maximum Gasteiger partial charge on any atom is 0.175 e. The average Bonchev–Trinajstić information content (AvgIpc) is 2.84. The second-order valence-electron chi connectivity index (χ2n) is 5.98. The van der Waals surface area contributed by atoms with Gasteiger partial charge in [0.05, 0.1) is 23.2 Å². The first kappa shape index (κ1) is 15.5. The molecule has 21 heavy (non-hydrogen) atoms. The lowest BCUT2D eigenvalue weighted by molar-refractivity contribution is 0.347. The van der Waals surface area contributed by atoms with Gasteiger partial charge in [0.1, 0.15) is 5.69 Å². The summed E-state index contributed by atoms with van der Waals surface area (Å²) in [5, 5.41) is 11.3. The molecule has 0 saturated carbocycles. The molecule has 114 valence electrons. The lowest BCUT2D eigenvalue weighted by Gasteiger charge is -2.17. The summed E-state index contributed by atoms with van der Waals surface area (Å²) in [4.78, 5) is 0.297. The minimum atomic E-state index is -3.20. The van der Waals surface area contributed by atoms with Crippen LogP contribution in [-0.4, -0.2) is 29.7 Å². The third-order valence-corrected chi connectivity index (χ3v) is 4.07. The SMILES string of the molecule is CC(C)(C)n1cc(CNc2cccc(S(C)(=O)=O)c2)nn1. The van der Waals surface area contributed by atoms with Gasteiger partial charge in [-0.2, -0.15) is 0 Å². The second kappa shape index (κ2) is 5.48. The summed E-state index contributed by atoms with van der Waals surface area (Å²) >= 11 is 0. The molecule has 0 bridgehead atoms. The Labute approximate surface area is 125 Å². The summed E-state index contributed by atoms with van der Waals surface area (Å²) in [7, 11) is -3.20. The van der Waals surface area contributed by atoms with Gasteiger partial charge < -0.3 is 5.32 Å². The van der Waals surface area contributed by atoms with Crippen molar-refractivity contribution in [3.63, 3.8) is 0 Å². The van der Waals surface area contributed by atoms with Crippen molar-refractivity contribution in [1.29, 1.82) is 0 Å². The van der Waals surface area contributed by atoms with Crippen LogP contribution in [0.5, 0.6) is 0 Å². The number of benzene rings is 1. The van der Waals surface area contributed by atoms with Crippen molar-refractivity contribution < 1.29 is 8.42 Å². The van der Waals surface area contributed by atoms with Gasteiger partial charge in [0.15, 0.2) is 9.84 Å². The molecule has 2 rings (SSSR count). The maximum absolute atomic E-state index is 11.5. The van der Waals surface area contributed by atoms with Gasteiger partial charge in [-0.05, 0) is 39.0 Å². The van der Waals surface area contributed by atoms with E-state index in [1.807, 2.05) is 12.3 Å². The highest BCUT2D eigenvalue weighted by Gasteiger charge is 2.15. The molecule has 1 heterocycles. The molecule has 0 saturated heterocycles. The minimum Gasteiger partial charge on any atom is -0.379 e. The molecular formula is C14H20N4O2S. The van der Waals surface area contributed by atoms with Crippen LogP contribution >= 0.6 is 0 Å². The molecule has 2 aromatic rings. The van der Waals surface area contributed by atoms with Gasteiger partial charge in [-0.25, -0.2) is 13.1 Å². The summed E-state index contributed by atoms with van der Waals surface area (Å²) in [6.45, 7) is 6.64. The quantitative estimate of drug-likeness (QED) is 0.935. The molecule has 1 aromatic carbocycles. The Kier molecular flexibility index (Phi) is 4.04. The summed E-state index contributed by atoms with van der Waals surface area (Å²) in [5.41, 5.74) is 1.43. The van der Waals surface area contributed by atoms with E-state index in [2.05, 4.69) is 36.4 Å². The topological polar surface area (TPSA) is 76.9 Å². The molecule has 0 fully saturated rings. The number of hydrogen-bond donors (Lipinski definition) is 1. The number of nitrogens with one attached hydrogen (secondary N) is 1. The van der Waals surface area contributed by atoms with Crippen LogP contribution in [0.2, 0.25) is 0 Å². The fourth-order valence-corrected chi connectivity index (χ4v) is 2.40. The molecule has 0 radical (unpaired) electrons. The molecular weight excluding hydrogens is 288 g/mol. The Balaban J connectivity index is 2.09. The zero-order chi connectivity index (χ0) is 15.7. The first-order valence-electron chi connectivity index (χ1n) is 6.62. The second-order valence-corrected chi connectivity index (χ2v) is 7.99. The van der Waals surface area contributed by atoms with Gasteiger partial charge in [-0.3, -0.25) is 0 Å². The maximum atomic E-state index is 11.5. The third-order valence-electron chi connectivity index (χ3n) is 2.96. The molecule has 0 aliphatic rings. The number of aromatic nitrogens is 3. The highest BCUT2D eigenvalue weighted by Crippen LogP contribution is 2.16. The molecule has 0 atom stereocenters. The highest BCUT2D eigenvalue weighted by molar-refractivity contribution is 7.90. The van der Waals surface area contributed by atoms with E-state index >= 15 is 0 Å².